The number of allylic oxidation sites excluding steroid dienone is 7. The third kappa shape index (κ3) is 23.8. The maximum absolute atomic E-state index is 11.4. The molecule has 15 N–H and O–H groups in total. The van der Waals surface area contributed by atoms with Gasteiger partial charge >= 0.3 is 7.12 Å². The SMILES string of the molecule is CC1(C)OB(C2=CC(=O)CCC2)OC1(C)C.Nc1ccnc(C2=CC(=O)CCC2)n1.Nc1ccnc(C2=CC(=O)CCC2)n1.Nc1ccnc(C2=C[C@@H](O)CCC2)n1.Nc1ccnc(Cl)n1.Nc1ccnc([C@@H]2CCC[C@@H](O)C2)n1.Nc1ccnc([C@H]2CCC[C@H](O)C2)n1. The van der Waals surface area contributed by atoms with Crippen molar-refractivity contribution in [1.29, 1.82) is 0 Å². The van der Waals surface area contributed by atoms with E-state index in [1.807, 2.05) is 33.8 Å². The van der Waals surface area contributed by atoms with Crippen molar-refractivity contribution in [2.75, 3.05) is 34.4 Å². The van der Waals surface area contributed by atoms with Crippen molar-refractivity contribution >= 4 is 87.7 Å². The Bertz CT molecular complexity index is 3460. The molecule has 0 amide bonds. The molecule has 1 aliphatic heterocycles. The number of halogens is 1. The molecule has 2 saturated carbocycles. The minimum atomic E-state index is -0.358. The second-order valence-electron chi connectivity index (χ2n) is 24.6. The van der Waals surface area contributed by atoms with Crippen LogP contribution in [0.15, 0.2) is 103 Å². The van der Waals surface area contributed by atoms with Crippen LogP contribution in [0.2, 0.25) is 5.28 Å². The summed E-state index contributed by atoms with van der Waals surface area (Å²) >= 11 is 5.34. The van der Waals surface area contributed by atoms with Crippen LogP contribution in [-0.4, -0.2) is 129 Å². The smallest absolute Gasteiger partial charge is 0.400 e. The average Bonchev–Trinajstić information content (AvgIpc) is 1.63. The molecule has 7 heterocycles. The summed E-state index contributed by atoms with van der Waals surface area (Å²) < 4.78 is 11.8. The number of carbonyl (C=O) groups excluding carboxylic acids is 3. The zero-order chi connectivity index (χ0) is 67.8. The monoisotopic (exact) mass is 1310 g/mol. The molecule has 0 radical (unpaired) electrons. The third-order valence-corrected chi connectivity index (χ3v) is 16.7. The fraction of sp³-hybridized carbons (Fsp3) is 0.470. The number of nitrogens with two attached hydrogens (primary N) is 6. The number of aliphatic hydroxyl groups excluding tert-OH is 3. The van der Waals surface area contributed by atoms with E-state index in [-0.39, 0.29) is 71.1 Å². The first-order valence-electron chi connectivity index (χ1n) is 31.9. The highest BCUT2D eigenvalue weighted by atomic mass is 35.5. The lowest BCUT2D eigenvalue weighted by atomic mass is 9.72. The van der Waals surface area contributed by atoms with Gasteiger partial charge in [-0.1, -0.05) is 12.8 Å². The Morgan fingerprint density at radius 3 is 1.17 bits per heavy atom. The van der Waals surface area contributed by atoms with Crippen molar-refractivity contribution in [3.63, 3.8) is 0 Å². The van der Waals surface area contributed by atoms with E-state index in [4.69, 9.17) is 55.3 Å². The minimum Gasteiger partial charge on any atom is -0.400 e. The topological polar surface area (TPSA) is 441 Å². The van der Waals surface area contributed by atoms with Gasteiger partial charge in [0.05, 0.1) is 29.5 Å². The number of anilines is 6. The van der Waals surface area contributed by atoms with E-state index in [0.717, 1.165) is 143 Å². The zero-order valence-corrected chi connectivity index (χ0v) is 54.7. The van der Waals surface area contributed by atoms with Gasteiger partial charge in [-0.3, -0.25) is 14.4 Å². The minimum absolute atomic E-state index is 0.150. The second kappa shape index (κ2) is 35.6. The number of aromatic nitrogens is 12. The molecule has 28 heteroatoms. The molecule has 7 aliphatic rings. The van der Waals surface area contributed by atoms with Crippen LogP contribution in [0.3, 0.4) is 0 Å². The molecule has 0 spiro atoms. The number of nitrogen functional groups attached to an aromatic ring is 6. The highest BCUT2D eigenvalue weighted by Crippen LogP contribution is 2.40. The molecule has 5 atom stereocenters. The van der Waals surface area contributed by atoms with Gasteiger partial charge < -0.3 is 59.0 Å². The van der Waals surface area contributed by atoms with Gasteiger partial charge in [0, 0.05) is 79.4 Å². The van der Waals surface area contributed by atoms with Crippen LogP contribution < -0.4 is 34.4 Å². The van der Waals surface area contributed by atoms with E-state index in [1.165, 1.54) is 6.20 Å². The summed E-state index contributed by atoms with van der Waals surface area (Å²) in [6, 6.07) is 9.87. The van der Waals surface area contributed by atoms with Crippen LogP contribution in [0.25, 0.3) is 16.7 Å². The molecule has 0 bridgehead atoms. The lowest BCUT2D eigenvalue weighted by Gasteiger charge is -2.32. The van der Waals surface area contributed by atoms with Gasteiger partial charge in [-0.05, 0) is 207 Å². The van der Waals surface area contributed by atoms with Gasteiger partial charge in [-0.2, -0.15) is 0 Å². The standard InChI is InChI=1S/C12H19BO3.2C10H15N3O.C10H13N3O.2C10H11N3O.C4H4ClN3/c1-11(2)12(3,4)16-13(15-11)9-6-5-7-10(14)8-9;5*11-9-4-5-12-10(13-9)7-2-1-3-8(14)6-7;5-4-7-2-1-3(6)8-4/h8H,5-7H2,1-4H3;2*4-5,7-8,14H,1-3,6H2,(H2,11,12,13);4-6,8,14H,1-3H2,(H2,11,12,13);2*4-6H,1-3H2,(H2,11,12,13);1-2H,(H2,6,7,8)/t;2*7-,8-;8-;;;/m.100.../s1. The van der Waals surface area contributed by atoms with E-state index in [2.05, 4.69) is 59.8 Å². The van der Waals surface area contributed by atoms with Gasteiger partial charge in [0.2, 0.25) is 5.28 Å². The van der Waals surface area contributed by atoms with Crippen LogP contribution in [0, 0.1) is 0 Å². The fourth-order valence-corrected chi connectivity index (χ4v) is 11.1. The Morgan fingerprint density at radius 1 is 0.436 bits per heavy atom. The number of ketones is 3. The Balaban J connectivity index is 0.000000156. The number of rotatable bonds is 6. The first-order valence-corrected chi connectivity index (χ1v) is 32.2. The van der Waals surface area contributed by atoms with Crippen molar-refractivity contribution in [2.24, 2.45) is 0 Å². The highest BCUT2D eigenvalue weighted by Gasteiger charge is 2.52. The molecular formula is C66H88BClN18O8. The Hall–Kier alpha value is -8.60. The van der Waals surface area contributed by atoms with Crippen LogP contribution >= 0.6 is 11.6 Å². The van der Waals surface area contributed by atoms with E-state index < -0.39 is 0 Å². The van der Waals surface area contributed by atoms with Crippen LogP contribution in [-0.2, 0) is 23.7 Å². The van der Waals surface area contributed by atoms with Gasteiger partial charge in [-0.25, -0.2) is 59.8 Å². The first kappa shape index (κ1) is 72.8. The number of nitrogens with zero attached hydrogens (tertiary/aromatic N) is 12. The van der Waals surface area contributed by atoms with Crippen molar-refractivity contribution in [3.8, 4) is 0 Å². The van der Waals surface area contributed by atoms with E-state index in [9.17, 15) is 29.7 Å². The van der Waals surface area contributed by atoms with Gasteiger partial charge in [-0.15, -0.1) is 0 Å². The Kier molecular flexibility index (Phi) is 27.6. The molecule has 1 saturated heterocycles. The normalized spacial score (nSPS) is 21.9. The van der Waals surface area contributed by atoms with E-state index >= 15 is 0 Å². The number of aliphatic hydroxyl groups is 3. The predicted molar refractivity (Wildman–Crippen MR) is 363 cm³/mol. The summed E-state index contributed by atoms with van der Waals surface area (Å²) in [5, 5.41) is 28.7. The summed E-state index contributed by atoms with van der Waals surface area (Å²) in [5.74, 6) is 7.18. The summed E-state index contributed by atoms with van der Waals surface area (Å²) in [4.78, 5) is 82.3. The average molecular weight is 1310 g/mol. The summed E-state index contributed by atoms with van der Waals surface area (Å²) in [7, 11) is -0.339. The van der Waals surface area contributed by atoms with E-state index in [1.54, 1.807) is 85.6 Å². The van der Waals surface area contributed by atoms with Crippen molar-refractivity contribution in [3.05, 3.63) is 138 Å². The predicted octanol–water partition coefficient (Wildman–Crippen LogP) is 8.54. The lowest BCUT2D eigenvalue weighted by Crippen LogP contribution is -2.41. The van der Waals surface area contributed by atoms with Gasteiger partial charge in [0.15, 0.2) is 34.8 Å². The molecule has 3 fully saturated rings. The van der Waals surface area contributed by atoms with Crippen molar-refractivity contribution < 1.29 is 39.0 Å². The lowest BCUT2D eigenvalue weighted by molar-refractivity contribution is -0.115. The maximum Gasteiger partial charge on any atom is 0.490 e. The fourth-order valence-electron chi connectivity index (χ4n) is 10.9. The van der Waals surface area contributed by atoms with Crippen molar-refractivity contribution in [1.82, 2.24) is 59.8 Å². The quantitative estimate of drug-likeness (QED) is 0.0557. The summed E-state index contributed by atoms with van der Waals surface area (Å²) in [6.45, 7) is 8.10. The van der Waals surface area contributed by atoms with Crippen LogP contribution in [0.4, 0.5) is 34.9 Å². The molecule has 6 aliphatic carbocycles. The van der Waals surface area contributed by atoms with Crippen LogP contribution in [0.1, 0.15) is 197 Å². The molecule has 94 heavy (non-hydrogen) atoms. The highest BCUT2D eigenvalue weighted by molar-refractivity contribution is 6.55. The Labute approximate surface area is 553 Å². The van der Waals surface area contributed by atoms with Gasteiger partial charge in [0.25, 0.3) is 0 Å². The third-order valence-electron chi connectivity index (χ3n) is 16.5. The molecule has 13 rings (SSSR count). The maximum atomic E-state index is 11.4. The second-order valence-corrected chi connectivity index (χ2v) is 25.0. The molecule has 26 nitrogen and oxygen atoms in total. The molecule has 500 valence electrons. The summed E-state index contributed by atoms with van der Waals surface area (Å²) in [5.41, 5.74) is 36.2. The largest absolute Gasteiger partial charge is 0.490 e. The molecular weight excluding hydrogens is 1220 g/mol. The molecule has 0 aromatic carbocycles. The number of hydrogen-bond acceptors (Lipinski definition) is 26. The molecule has 6 aromatic heterocycles. The molecule has 6 aromatic rings. The van der Waals surface area contributed by atoms with E-state index in [0.29, 0.717) is 71.6 Å². The first-order chi connectivity index (χ1) is 44.9. The number of carbonyl (C=O) groups is 3. The van der Waals surface area contributed by atoms with Gasteiger partial charge in [0.1, 0.15) is 46.6 Å². The summed E-state index contributed by atoms with van der Waals surface area (Å²) in [6.07, 6.45) is 33.2. The Morgan fingerprint density at radius 2 is 0.809 bits per heavy atom. The molecule has 0 unspecified atom stereocenters. The zero-order valence-electron chi connectivity index (χ0n) is 53.9. The van der Waals surface area contributed by atoms with Crippen molar-refractivity contribution in [2.45, 2.75) is 197 Å². The van der Waals surface area contributed by atoms with Crippen LogP contribution in [0.5, 0.6) is 0 Å². The number of hydrogen-bond donors (Lipinski definition) is 9.